The summed E-state index contributed by atoms with van der Waals surface area (Å²) in [6.07, 6.45) is 0.248. The highest BCUT2D eigenvalue weighted by atomic mass is 16.7. The second-order valence-electron chi connectivity index (χ2n) is 7.97. The van der Waals surface area contributed by atoms with Crippen LogP contribution in [0, 0.1) is 5.41 Å². The minimum absolute atomic E-state index is 0.135. The first-order chi connectivity index (χ1) is 9.91. The molecule has 0 radical (unpaired) electrons. The number of hydrogen-bond donors (Lipinski definition) is 2. The molecule has 0 bridgehead atoms. The third-order valence-electron chi connectivity index (χ3n) is 3.04. The molecule has 0 aliphatic carbocycles. The topological polar surface area (TPSA) is 58.6 Å². The highest BCUT2D eigenvalue weighted by Crippen LogP contribution is 2.26. The molecule has 1 unspecified atom stereocenters. The van der Waals surface area contributed by atoms with Gasteiger partial charge in [0.1, 0.15) is 0 Å². The van der Waals surface area contributed by atoms with Gasteiger partial charge in [0.15, 0.2) is 0 Å². The van der Waals surface area contributed by atoms with Crippen molar-refractivity contribution in [3.05, 3.63) is 35.9 Å². The Morgan fingerprint density at radius 1 is 1.09 bits per heavy atom. The van der Waals surface area contributed by atoms with Crippen LogP contribution in [-0.2, 0) is 15.3 Å². The number of β-amino-alcohol motifs (C(OH)–C–C–N with tert-alkyl or cyclic N) is 1. The number of esters is 1. The van der Waals surface area contributed by atoms with E-state index in [1.54, 1.807) is 12.1 Å². The second-order valence-corrected chi connectivity index (χ2v) is 7.97. The van der Waals surface area contributed by atoms with Gasteiger partial charge in [-0.25, -0.2) is 0 Å². The molecule has 0 saturated heterocycles. The maximum atomic E-state index is 12.2. The average Bonchev–Trinajstić information content (AvgIpc) is 2.34. The molecule has 0 saturated carbocycles. The van der Waals surface area contributed by atoms with Crippen molar-refractivity contribution in [2.45, 2.75) is 59.3 Å². The summed E-state index contributed by atoms with van der Waals surface area (Å²) in [7, 11) is 0. The zero-order valence-electron chi connectivity index (χ0n) is 14.6. The van der Waals surface area contributed by atoms with Crippen LogP contribution in [0.5, 0.6) is 0 Å². The minimum atomic E-state index is -1.67. The summed E-state index contributed by atoms with van der Waals surface area (Å²) in [5, 5.41) is 14.1. The van der Waals surface area contributed by atoms with Crippen LogP contribution in [0.15, 0.2) is 30.3 Å². The molecule has 1 aromatic rings. The van der Waals surface area contributed by atoms with Crippen molar-refractivity contribution in [1.82, 2.24) is 5.32 Å². The lowest BCUT2D eigenvalue weighted by Gasteiger charge is -2.33. The van der Waals surface area contributed by atoms with Crippen LogP contribution >= 0.6 is 0 Å². The molecule has 0 aliphatic heterocycles. The van der Waals surface area contributed by atoms with Crippen molar-refractivity contribution in [3.8, 4) is 0 Å². The van der Waals surface area contributed by atoms with Gasteiger partial charge in [-0.2, -0.15) is 0 Å². The average molecular weight is 307 g/mol. The molecule has 124 valence electrons. The number of ether oxygens (including phenoxy) is 1. The van der Waals surface area contributed by atoms with Gasteiger partial charge >= 0.3 is 5.97 Å². The summed E-state index contributed by atoms with van der Waals surface area (Å²) in [6.45, 7) is 12.0. The van der Waals surface area contributed by atoms with Crippen LogP contribution in [-0.4, -0.2) is 23.2 Å². The fraction of sp³-hybridized carbons (Fsp3) is 0.611. The summed E-state index contributed by atoms with van der Waals surface area (Å²) in [5.74, 6) is -2.08. The molecule has 1 atom stereocenters. The lowest BCUT2D eigenvalue weighted by Crippen LogP contribution is -2.48. The molecular weight excluding hydrogens is 278 g/mol. The van der Waals surface area contributed by atoms with Crippen molar-refractivity contribution in [2.24, 2.45) is 5.41 Å². The summed E-state index contributed by atoms with van der Waals surface area (Å²) in [6, 6.07) is 9.01. The van der Waals surface area contributed by atoms with E-state index in [9.17, 15) is 9.90 Å². The SMILES string of the molecule is CC(C)(C)CC(=O)OC(O)(CNC(C)(C)C)c1ccccc1. The highest BCUT2D eigenvalue weighted by Gasteiger charge is 2.35. The number of nitrogens with one attached hydrogen (secondary N) is 1. The Morgan fingerprint density at radius 3 is 2.09 bits per heavy atom. The van der Waals surface area contributed by atoms with Crippen molar-refractivity contribution >= 4 is 5.97 Å². The molecule has 4 heteroatoms. The Hall–Kier alpha value is -1.39. The van der Waals surface area contributed by atoms with Gasteiger partial charge in [-0.1, -0.05) is 51.1 Å². The highest BCUT2D eigenvalue weighted by molar-refractivity contribution is 5.70. The summed E-state index contributed by atoms with van der Waals surface area (Å²) in [5.41, 5.74) is 0.180. The standard InChI is InChI=1S/C18H29NO3/c1-16(2,3)12-15(20)22-18(21,13-19-17(4,5)6)14-10-8-7-9-11-14/h7-11,19,21H,12-13H2,1-6H3. The first-order valence-electron chi connectivity index (χ1n) is 7.66. The third kappa shape index (κ3) is 6.58. The number of carbonyl (C=O) groups is 1. The van der Waals surface area contributed by atoms with Crippen LogP contribution < -0.4 is 5.32 Å². The van der Waals surface area contributed by atoms with Crippen molar-refractivity contribution in [3.63, 3.8) is 0 Å². The van der Waals surface area contributed by atoms with Gasteiger partial charge in [0, 0.05) is 11.1 Å². The van der Waals surface area contributed by atoms with Gasteiger partial charge in [-0.05, 0) is 26.2 Å². The molecule has 1 rings (SSSR count). The zero-order valence-corrected chi connectivity index (χ0v) is 14.6. The first-order valence-corrected chi connectivity index (χ1v) is 7.66. The Labute approximate surface area is 133 Å². The number of benzene rings is 1. The van der Waals surface area contributed by atoms with E-state index < -0.39 is 11.8 Å². The minimum Gasteiger partial charge on any atom is -0.427 e. The molecule has 0 amide bonds. The molecule has 4 nitrogen and oxygen atoms in total. The van der Waals surface area contributed by atoms with Crippen LogP contribution in [0.1, 0.15) is 53.5 Å². The quantitative estimate of drug-likeness (QED) is 0.648. The normalized spacial score (nSPS) is 15.2. The van der Waals surface area contributed by atoms with E-state index in [0.717, 1.165) is 0 Å². The molecule has 0 heterocycles. The molecule has 22 heavy (non-hydrogen) atoms. The Kier molecular flexibility index (Phi) is 5.76. The third-order valence-corrected chi connectivity index (χ3v) is 3.04. The first kappa shape index (κ1) is 18.7. The zero-order chi connectivity index (χ0) is 17.0. The predicted molar refractivity (Wildman–Crippen MR) is 88.3 cm³/mol. The van der Waals surface area contributed by atoms with Crippen LogP contribution in [0.25, 0.3) is 0 Å². The molecule has 0 aromatic heterocycles. The lowest BCUT2D eigenvalue weighted by molar-refractivity contribution is -0.216. The second kappa shape index (κ2) is 6.80. The van der Waals surface area contributed by atoms with E-state index in [4.69, 9.17) is 4.74 Å². The summed E-state index contributed by atoms with van der Waals surface area (Å²) >= 11 is 0. The van der Waals surface area contributed by atoms with Gasteiger partial charge in [0.05, 0.1) is 13.0 Å². The van der Waals surface area contributed by atoms with Crippen molar-refractivity contribution in [2.75, 3.05) is 6.54 Å². The predicted octanol–water partition coefficient (Wildman–Crippen LogP) is 3.20. The molecule has 0 spiro atoms. The van der Waals surface area contributed by atoms with E-state index in [2.05, 4.69) is 5.32 Å². The number of rotatable bonds is 5. The maximum absolute atomic E-state index is 12.2. The van der Waals surface area contributed by atoms with Crippen molar-refractivity contribution < 1.29 is 14.6 Å². The van der Waals surface area contributed by atoms with Gasteiger partial charge in [-0.15, -0.1) is 0 Å². The van der Waals surface area contributed by atoms with E-state index in [1.807, 2.05) is 59.7 Å². The Balaban J connectivity index is 2.94. The van der Waals surface area contributed by atoms with Gasteiger partial charge in [0.2, 0.25) is 0 Å². The van der Waals surface area contributed by atoms with Gasteiger partial charge < -0.3 is 15.2 Å². The Bertz CT molecular complexity index is 485. The van der Waals surface area contributed by atoms with Crippen LogP contribution in [0.4, 0.5) is 0 Å². The van der Waals surface area contributed by atoms with E-state index in [-0.39, 0.29) is 23.9 Å². The van der Waals surface area contributed by atoms with E-state index in [0.29, 0.717) is 5.56 Å². The molecule has 0 fully saturated rings. The largest absolute Gasteiger partial charge is 0.427 e. The van der Waals surface area contributed by atoms with Gasteiger partial charge in [0.25, 0.3) is 5.79 Å². The Morgan fingerprint density at radius 2 is 1.64 bits per heavy atom. The number of aliphatic hydroxyl groups is 1. The molecule has 1 aromatic carbocycles. The van der Waals surface area contributed by atoms with Crippen LogP contribution in [0.3, 0.4) is 0 Å². The molecular formula is C18H29NO3. The van der Waals surface area contributed by atoms with E-state index >= 15 is 0 Å². The monoisotopic (exact) mass is 307 g/mol. The number of carbonyl (C=O) groups excluding carboxylic acids is 1. The van der Waals surface area contributed by atoms with Crippen LogP contribution in [0.2, 0.25) is 0 Å². The molecule has 0 aliphatic rings. The van der Waals surface area contributed by atoms with Crippen molar-refractivity contribution in [1.29, 1.82) is 0 Å². The fourth-order valence-corrected chi connectivity index (χ4v) is 1.94. The van der Waals surface area contributed by atoms with Gasteiger partial charge in [-0.3, -0.25) is 4.79 Å². The molecule has 2 N–H and O–H groups in total. The smallest absolute Gasteiger partial charge is 0.309 e. The maximum Gasteiger partial charge on any atom is 0.309 e. The van der Waals surface area contributed by atoms with E-state index in [1.165, 1.54) is 0 Å². The summed E-state index contributed by atoms with van der Waals surface area (Å²) in [4.78, 5) is 12.2. The summed E-state index contributed by atoms with van der Waals surface area (Å²) < 4.78 is 5.45. The number of hydrogen-bond acceptors (Lipinski definition) is 4. The fourth-order valence-electron chi connectivity index (χ4n) is 1.94. The lowest BCUT2D eigenvalue weighted by atomic mass is 9.92.